The van der Waals surface area contributed by atoms with Crippen LogP contribution in [0.25, 0.3) is 11.1 Å². The maximum atomic E-state index is 13.7. The molecule has 3 N–H and O–H groups in total. The van der Waals surface area contributed by atoms with Gasteiger partial charge in [0.05, 0.1) is 17.8 Å². The molecule has 0 aliphatic carbocycles. The molecule has 1 aromatic carbocycles. The van der Waals surface area contributed by atoms with Crippen molar-refractivity contribution >= 4 is 21.7 Å². The lowest BCUT2D eigenvalue weighted by molar-refractivity contribution is 0.387. The van der Waals surface area contributed by atoms with Crippen LogP contribution in [0.2, 0.25) is 0 Å². The molecule has 0 bridgehead atoms. The molecular weight excluding hydrogens is 277 g/mol. The normalized spacial score (nSPS) is 10.4. The van der Waals surface area contributed by atoms with Crippen molar-refractivity contribution in [2.75, 3.05) is 12.8 Å². The van der Waals surface area contributed by atoms with Gasteiger partial charge in [0.25, 0.3) is 0 Å². The zero-order chi connectivity index (χ0) is 11.7. The van der Waals surface area contributed by atoms with E-state index >= 15 is 0 Å². The second-order valence-electron chi connectivity index (χ2n) is 3.14. The summed E-state index contributed by atoms with van der Waals surface area (Å²) in [5.41, 5.74) is 6.85. The first-order valence-corrected chi connectivity index (χ1v) is 5.25. The molecule has 4 nitrogen and oxygen atoms in total. The first-order chi connectivity index (χ1) is 7.65. The molecule has 0 atom stereocenters. The highest BCUT2D eigenvalue weighted by molar-refractivity contribution is 9.10. The summed E-state index contributed by atoms with van der Waals surface area (Å²) < 4.78 is 19.1. The highest BCUT2D eigenvalue weighted by Crippen LogP contribution is 2.37. The van der Waals surface area contributed by atoms with Gasteiger partial charge in [-0.25, -0.2) is 4.39 Å². The molecule has 0 saturated carbocycles. The van der Waals surface area contributed by atoms with Crippen molar-refractivity contribution in [3.63, 3.8) is 0 Å². The summed E-state index contributed by atoms with van der Waals surface area (Å²) in [4.78, 5) is 0. The molecule has 0 saturated heterocycles. The van der Waals surface area contributed by atoms with Crippen molar-refractivity contribution in [2.24, 2.45) is 0 Å². The van der Waals surface area contributed by atoms with E-state index in [4.69, 9.17) is 10.5 Å². The summed E-state index contributed by atoms with van der Waals surface area (Å²) in [6.45, 7) is 0. The summed E-state index contributed by atoms with van der Waals surface area (Å²) in [5, 5.41) is 6.38. The van der Waals surface area contributed by atoms with Gasteiger partial charge >= 0.3 is 0 Å². The molecule has 1 aromatic heterocycles. The molecule has 0 aliphatic rings. The Morgan fingerprint density at radius 3 is 2.75 bits per heavy atom. The lowest BCUT2D eigenvalue weighted by Gasteiger charge is -2.09. The van der Waals surface area contributed by atoms with E-state index < -0.39 is 5.82 Å². The fraction of sp³-hybridized carbons (Fsp3) is 0.100. The fourth-order valence-corrected chi connectivity index (χ4v) is 1.77. The van der Waals surface area contributed by atoms with Gasteiger partial charge in [-0.15, -0.1) is 0 Å². The Labute approximate surface area is 99.7 Å². The van der Waals surface area contributed by atoms with E-state index in [2.05, 4.69) is 26.1 Å². The number of nitrogens with one attached hydrogen (secondary N) is 1. The quantitative estimate of drug-likeness (QED) is 0.891. The minimum absolute atomic E-state index is 0.141. The van der Waals surface area contributed by atoms with E-state index in [1.807, 2.05) is 0 Å². The zero-order valence-electron chi connectivity index (χ0n) is 8.42. The Kier molecular flexibility index (Phi) is 2.82. The molecule has 0 fully saturated rings. The lowest BCUT2D eigenvalue weighted by Crippen LogP contribution is -1.94. The maximum absolute atomic E-state index is 13.7. The van der Waals surface area contributed by atoms with E-state index in [1.54, 1.807) is 12.1 Å². The van der Waals surface area contributed by atoms with E-state index in [9.17, 15) is 4.39 Å². The average Bonchev–Trinajstić information content (AvgIpc) is 2.68. The topological polar surface area (TPSA) is 63.9 Å². The van der Waals surface area contributed by atoms with Crippen molar-refractivity contribution in [3.05, 3.63) is 28.6 Å². The number of anilines is 1. The molecule has 0 radical (unpaired) electrons. The van der Waals surface area contributed by atoms with Crippen LogP contribution in [0.4, 0.5) is 10.2 Å². The predicted molar refractivity (Wildman–Crippen MR) is 62.6 cm³/mol. The lowest BCUT2D eigenvalue weighted by atomic mass is 10.1. The van der Waals surface area contributed by atoms with Crippen LogP contribution in [0.3, 0.4) is 0 Å². The van der Waals surface area contributed by atoms with Crippen molar-refractivity contribution < 1.29 is 9.13 Å². The van der Waals surface area contributed by atoms with Gasteiger partial charge in [-0.2, -0.15) is 5.10 Å². The van der Waals surface area contributed by atoms with Crippen LogP contribution in [0.15, 0.2) is 22.8 Å². The molecule has 0 spiro atoms. The van der Waals surface area contributed by atoms with Crippen LogP contribution >= 0.6 is 15.9 Å². The number of benzene rings is 1. The zero-order valence-corrected chi connectivity index (χ0v) is 10.0. The average molecular weight is 286 g/mol. The third-order valence-corrected chi connectivity index (χ3v) is 2.83. The monoisotopic (exact) mass is 285 g/mol. The Morgan fingerprint density at radius 2 is 2.19 bits per heavy atom. The first kappa shape index (κ1) is 10.9. The summed E-state index contributed by atoms with van der Waals surface area (Å²) in [5.74, 6) is 0.0584. The predicted octanol–water partition coefficient (Wildman–Crippen LogP) is 2.57. The number of aromatic nitrogens is 2. The number of H-pyrrole nitrogens is 1. The van der Waals surface area contributed by atoms with Gasteiger partial charge in [0, 0.05) is 11.1 Å². The maximum Gasteiger partial charge on any atom is 0.179 e. The number of nitrogen functional groups attached to an aromatic ring is 1. The van der Waals surface area contributed by atoms with Gasteiger partial charge in [-0.1, -0.05) is 0 Å². The number of ether oxygens (including phenoxy) is 1. The molecule has 1 heterocycles. The molecule has 6 heteroatoms. The summed E-state index contributed by atoms with van der Waals surface area (Å²) >= 11 is 3.09. The highest BCUT2D eigenvalue weighted by atomic mass is 79.9. The third-order valence-electron chi connectivity index (χ3n) is 2.21. The number of methoxy groups -OCH3 is 1. The number of aromatic amines is 1. The molecular formula is C10H9BrFN3O. The van der Waals surface area contributed by atoms with Gasteiger partial charge < -0.3 is 10.5 Å². The first-order valence-electron chi connectivity index (χ1n) is 4.46. The Bertz CT molecular complexity index is 527. The van der Waals surface area contributed by atoms with Gasteiger partial charge in [0.1, 0.15) is 5.82 Å². The van der Waals surface area contributed by atoms with E-state index in [0.29, 0.717) is 21.4 Å². The Morgan fingerprint density at radius 1 is 1.44 bits per heavy atom. The van der Waals surface area contributed by atoms with Crippen LogP contribution in [0.1, 0.15) is 0 Å². The molecule has 0 aliphatic heterocycles. The third kappa shape index (κ3) is 1.65. The minimum Gasteiger partial charge on any atom is -0.493 e. The highest BCUT2D eigenvalue weighted by Gasteiger charge is 2.16. The molecule has 0 unspecified atom stereocenters. The van der Waals surface area contributed by atoms with Crippen LogP contribution in [0.5, 0.6) is 5.75 Å². The van der Waals surface area contributed by atoms with Gasteiger partial charge in [0.15, 0.2) is 11.6 Å². The molecule has 2 aromatic rings. The van der Waals surface area contributed by atoms with E-state index in [1.165, 1.54) is 13.3 Å². The second kappa shape index (κ2) is 4.13. The second-order valence-corrected chi connectivity index (χ2v) is 3.99. The van der Waals surface area contributed by atoms with Crippen LogP contribution in [-0.2, 0) is 0 Å². The minimum atomic E-state index is -0.458. The number of halogens is 2. The van der Waals surface area contributed by atoms with Gasteiger partial charge in [-0.05, 0) is 28.1 Å². The smallest absolute Gasteiger partial charge is 0.179 e. The van der Waals surface area contributed by atoms with Crippen LogP contribution in [0, 0.1) is 5.82 Å². The number of hydrogen-bond acceptors (Lipinski definition) is 3. The molecule has 0 amide bonds. The summed E-state index contributed by atoms with van der Waals surface area (Å²) in [6, 6.07) is 3.31. The summed E-state index contributed by atoms with van der Waals surface area (Å²) in [7, 11) is 1.41. The Balaban J connectivity index is 2.66. The number of nitrogens with zero attached hydrogens (tertiary/aromatic N) is 1. The fourth-order valence-electron chi connectivity index (χ4n) is 1.45. The van der Waals surface area contributed by atoms with E-state index in [-0.39, 0.29) is 5.75 Å². The summed E-state index contributed by atoms with van der Waals surface area (Å²) in [6.07, 6.45) is 1.53. The number of rotatable bonds is 2. The number of nitrogens with two attached hydrogens (primary N) is 1. The van der Waals surface area contributed by atoms with Crippen molar-refractivity contribution in [3.8, 4) is 16.9 Å². The Hall–Kier alpha value is -1.56. The standard InChI is InChI=1S/C10H9BrFN3O/c1-16-9-5(2-3-7(11)8(9)12)6-4-14-15-10(6)13/h2-4H,1H3,(H3,13,14,15). The van der Waals surface area contributed by atoms with Crippen LogP contribution in [-0.4, -0.2) is 17.3 Å². The molecule has 16 heavy (non-hydrogen) atoms. The molecule has 2 rings (SSSR count). The molecule has 84 valence electrons. The van der Waals surface area contributed by atoms with Crippen molar-refractivity contribution in [2.45, 2.75) is 0 Å². The van der Waals surface area contributed by atoms with Crippen LogP contribution < -0.4 is 10.5 Å². The van der Waals surface area contributed by atoms with Crippen molar-refractivity contribution in [1.29, 1.82) is 0 Å². The van der Waals surface area contributed by atoms with E-state index in [0.717, 1.165) is 0 Å². The van der Waals surface area contributed by atoms with Crippen molar-refractivity contribution in [1.82, 2.24) is 10.2 Å². The largest absolute Gasteiger partial charge is 0.493 e. The number of hydrogen-bond donors (Lipinski definition) is 2. The van der Waals surface area contributed by atoms with Gasteiger partial charge in [-0.3, -0.25) is 5.10 Å². The van der Waals surface area contributed by atoms with Gasteiger partial charge in [0.2, 0.25) is 0 Å². The SMILES string of the molecule is COc1c(-c2cn[nH]c2N)ccc(Br)c1F.